The predicted octanol–water partition coefficient (Wildman–Crippen LogP) is -8.42. The van der Waals surface area contributed by atoms with Gasteiger partial charge >= 0.3 is 80.4 Å². The number of hydrogen-bond acceptors (Lipinski definition) is 8. The van der Waals surface area contributed by atoms with Crippen molar-refractivity contribution >= 4 is 23.1 Å². The van der Waals surface area contributed by atoms with E-state index >= 15 is 0 Å². The molecule has 0 amide bonds. The van der Waals surface area contributed by atoms with Crippen molar-refractivity contribution in [1.82, 2.24) is 0 Å². The molecule has 0 bridgehead atoms. The third-order valence-electron chi connectivity index (χ3n) is 0. The zero-order valence-electron chi connectivity index (χ0n) is 7.73. The van der Waals surface area contributed by atoms with E-state index in [1.807, 2.05) is 0 Å². The average Bonchev–Trinajstić information content (AvgIpc) is 1.12. The van der Waals surface area contributed by atoms with Crippen LogP contribution in [0, 0.1) is 0 Å². The van der Waals surface area contributed by atoms with Crippen molar-refractivity contribution in [1.29, 1.82) is 0 Å². The van der Waals surface area contributed by atoms with Crippen molar-refractivity contribution in [3.8, 4) is 0 Å². The second kappa shape index (κ2) is 25.2. The SMILES string of the molecule is O.O.O.O.O.O.[Mg+2].[O]=[Mn](=[O])(=[O])[O-].[O]=[Mn](=[O])(=[O])[O-]. The average molecular weight is 370 g/mol. The van der Waals surface area contributed by atoms with E-state index in [4.69, 9.17) is 31.4 Å². The minimum absolute atomic E-state index is 0. The molecule has 0 aromatic heterocycles. The Balaban J connectivity index is -0.00000000762. The Morgan fingerprint density at radius 1 is 0.471 bits per heavy atom. The van der Waals surface area contributed by atoms with Crippen molar-refractivity contribution in [3.05, 3.63) is 0 Å². The van der Waals surface area contributed by atoms with Gasteiger partial charge in [-0.25, -0.2) is 0 Å². The molecule has 0 aromatic rings. The summed E-state index contributed by atoms with van der Waals surface area (Å²) in [7, 11) is 0. The molecule has 0 aliphatic heterocycles. The van der Waals surface area contributed by atoms with Crippen molar-refractivity contribution in [2.24, 2.45) is 0 Å². The first kappa shape index (κ1) is 66.8. The summed E-state index contributed by atoms with van der Waals surface area (Å²) in [5.41, 5.74) is 0. The summed E-state index contributed by atoms with van der Waals surface area (Å²) < 4.78 is 68.6. The Hall–Kier alpha value is 0.285. The van der Waals surface area contributed by atoms with Gasteiger partial charge in [0.05, 0.1) is 0 Å². The van der Waals surface area contributed by atoms with Gasteiger partial charge in [-0.05, 0) is 0 Å². The fourth-order valence-electron chi connectivity index (χ4n) is 0. The molecule has 0 fully saturated rings. The molecule has 17 heavy (non-hydrogen) atoms. The Morgan fingerprint density at radius 2 is 0.471 bits per heavy atom. The van der Waals surface area contributed by atoms with E-state index in [0.717, 1.165) is 0 Å². The van der Waals surface area contributed by atoms with Crippen molar-refractivity contribution in [2.75, 3.05) is 0 Å². The van der Waals surface area contributed by atoms with Crippen LogP contribution in [0.3, 0.4) is 0 Å². The Bertz CT molecular complexity index is 299. The second-order valence-electron chi connectivity index (χ2n) is 0.756. The van der Waals surface area contributed by atoms with E-state index in [1.54, 1.807) is 0 Å². The molecule has 0 saturated carbocycles. The van der Waals surface area contributed by atoms with Gasteiger partial charge in [-0.15, -0.1) is 0 Å². The van der Waals surface area contributed by atoms with Crippen molar-refractivity contribution in [3.63, 3.8) is 0 Å². The van der Waals surface area contributed by atoms with E-state index in [9.17, 15) is 0 Å². The molecule has 0 unspecified atom stereocenters. The van der Waals surface area contributed by atoms with Crippen LogP contribution in [-0.2, 0) is 48.9 Å². The first-order chi connectivity index (χ1) is 4.00. The van der Waals surface area contributed by atoms with Gasteiger partial charge in [0.25, 0.3) is 0 Å². The molecule has 0 atom stereocenters. The second-order valence-corrected chi connectivity index (χ2v) is 3.12. The van der Waals surface area contributed by atoms with Gasteiger partial charge in [-0.3, -0.25) is 0 Å². The summed E-state index contributed by atoms with van der Waals surface area (Å²) in [4.78, 5) is 0. The summed E-state index contributed by atoms with van der Waals surface area (Å²) >= 11 is -11.2. The van der Waals surface area contributed by atoms with Crippen LogP contribution in [0.25, 0.3) is 0 Å². The van der Waals surface area contributed by atoms with E-state index < -0.39 is 25.9 Å². The number of hydrogen-bond donors (Lipinski definition) is 0. The molecule has 17 heteroatoms. The Kier molecular flexibility index (Phi) is 99.0. The molecule has 12 N–H and O–H groups in total. The van der Waals surface area contributed by atoms with Crippen molar-refractivity contribution in [2.45, 2.75) is 0 Å². The molecular formula is H12MgMn2O14. The van der Waals surface area contributed by atoms with Crippen LogP contribution in [0.5, 0.6) is 0 Å². The van der Waals surface area contributed by atoms with Crippen LogP contribution in [0.4, 0.5) is 0 Å². The summed E-state index contributed by atoms with van der Waals surface area (Å²) in [6.07, 6.45) is 0. The van der Waals surface area contributed by atoms with Crippen molar-refractivity contribution < 1.29 is 90.2 Å². The summed E-state index contributed by atoms with van der Waals surface area (Å²) in [6.45, 7) is 0. The summed E-state index contributed by atoms with van der Waals surface area (Å²) in [5.74, 6) is 0. The van der Waals surface area contributed by atoms with Crippen LogP contribution in [0.15, 0.2) is 0 Å². The van der Waals surface area contributed by atoms with E-state index in [0.29, 0.717) is 0 Å². The standard InChI is InChI=1S/Mg.2Mn.6H2O.8O/h;;;6*1H2;;;;;;;;/q+2;;;;;;;;;;;;;;;2*-1. The maximum atomic E-state index is 8.58. The first-order valence-corrected chi connectivity index (χ1v) is 5.09. The van der Waals surface area contributed by atoms with Gasteiger partial charge in [0.15, 0.2) is 0 Å². The fraction of sp³-hybridized carbons (Fsp3) is 0. The zero-order chi connectivity index (χ0) is 9.00. The zero-order valence-corrected chi connectivity index (χ0v) is 11.5. The maximum absolute atomic E-state index is 8.58. The van der Waals surface area contributed by atoms with Crippen LogP contribution in [0.2, 0.25) is 0 Å². The van der Waals surface area contributed by atoms with Crippen LogP contribution < -0.4 is 8.38 Å². The van der Waals surface area contributed by atoms with Crippen LogP contribution >= 0.6 is 0 Å². The van der Waals surface area contributed by atoms with E-state index in [1.165, 1.54) is 0 Å². The molecule has 0 aromatic carbocycles. The van der Waals surface area contributed by atoms with Gasteiger partial charge < -0.3 is 32.9 Å². The molecule has 112 valence electrons. The van der Waals surface area contributed by atoms with Gasteiger partial charge in [0.2, 0.25) is 0 Å². The van der Waals surface area contributed by atoms with E-state index in [-0.39, 0.29) is 55.9 Å². The molecule has 0 aliphatic carbocycles. The monoisotopic (exact) mass is 370 g/mol. The Labute approximate surface area is 113 Å². The minimum atomic E-state index is -5.62. The molecule has 0 spiro atoms. The molecule has 0 radical (unpaired) electrons. The van der Waals surface area contributed by atoms with Gasteiger partial charge in [-0.1, -0.05) is 0 Å². The molecule has 0 saturated heterocycles. The normalized spacial score (nSPS) is 6.71. The predicted molar refractivity (Wildman–Crippen MR) is 31.6 cm³/mol. The van der Waals surface area contributed by atoms with Gasteiger partial charge in [0, 0.05) is 0 Å². The molecule has 14 nitrogen and oxygen atoms in total. The van der Waals surface area contributed by atoms with Crippen LogP contribution in [0.1, 0.15) is 0 Å². The van der Waals surface area contributed by atoms with Gasteiger partial charge in [-0.2, -0.15) is 0 Å². The molecule has 0 rings (SSSR count). The molecule has 0 aliphatic rings. The third kappa shape index (κ3) is 40900. The first-order valence-electron chi connectivity index (χ1n) is 1.23. The quantitative estimate of drug-likeness (QED) is 0.367. The number of rotatable bonds is 0. The molecule has 0 heterocycles. The fourth-order valence-corrected chi connectivity index (χ4v) is 0. The van der Waals surface area contributed by atoms with Gasteiger partial charge in [0.1, 0.15) is 0 Å². The Morgan fingerprint density at radius 3 is 0.471 bits per heavy atom. The van der Waals surface area contributed by atoms with E-state index in [2.05, 4.69) is 0 Å². The third-order valence-corrected chi connectivity index (χ3v) is 0. The molecular weight excluding hydrogens is 358 g/mol. The topological polar surface area (TPSA) is 338 Å². The summed E-state index contributed by atoms with van der Waals surface area (Å²) in [5, 5.41) is 0. The van der Waals surface area contributed by atoms with Crippen LogP contribution in [-0.4, -0.2) is 55.9 Å². The summed E-state index contributed by atoms with van der Waals surface area (Å²) in [6, 6.07) is 0.